The van der Waals surface area contributed by atoms with E-state index in [-0.39, 0.29) is 0 Å². The Bertz CT molecular complexity index is 257. The second-order valence-corrected chi connectivity index (χ2v) is 2.94. The van der Waals surface area contributed by atoms with E-state index in [9.17, 15) is 0 Å². The quantitative estimate of drug-likeness (QED) is 0.846. The number of nitrogens with zero attached hydrogens (tertiary/aromatic N) is 1. The molecule has 0 saturated carbocycles. The Labute approximate surface area is 101 Å². The molecule has 0 amide bonds. The van der Waals surface area contributed by atoms with Gasteiger partial charge in [-0.25, -0.2) is 0 Å². The monoisotopic (exact) mass is 224 g/mol. The molecule has 0 radical (unpaired) electrons. The summed E-state index contributed by atoms with van der Waals surface area (Å²) in [5, 5.41) is 3.14. The van der Waals surface area contributed by atoms with E-state index in [1.165, 1.54) is 11.3 Å². The highest BCUT2D eigenvalue weighted by Gasteiger charge is 2.00. The number of aromatic nitrogens is 1. The fourth-order valence-corrected chi connectivity index (χ4v) is 1.30. The Balaban J connectivity index is 0. The summed E-state index contributed by atoms with van der Waals surface area (Å²) in [5.41, 5.74) is 3.63. The molecule has 1 heterocycles. The van der Waals surface area contributed by atoms with Gasteiger partial charge in [-0.05, 0) is 32.0 Å². The topological polar surface area (TPSA) is 24.9 Å². The maximum atomic E-state index is 4.47. The smallest absolute Gasteiger partial charge is 0.0448 e. The zero-order chi connectivity index (χ0) is 13.0. The van der Waals surface area contributed by atoms with Crippen molar-refractivity contribution < 1.29 is 0 Å². The number of nitrogens with one attached hydrogen (secondary N) is 1. The average Bonchev–Trinajstić information content (AvgIpc) is 2.36. The maximum absolute atomic E-state index is 4.47. The van der Waals surface area contributed by atoms with Crippen LogP contribution >= 0.6 is 0 Å². The fraction of sp³-hybridized carbons (Fsp3) is 0.643. The highest BCUT2D eigenvalue weighted by atomic mass is 14.8. The number of pyridine rings is 1. The molecule has 1 N–H and O–H groups in total. The van der Waals surface area contributed by atoms with E-state index in [1.54, 1.807) is 0 Å². The summed E-state index contributed by atoms with van der Waals surface area (Å²) in [6.45, 7) is 13.1. The lowest BCUT2D eigenvalue weighted by molar-refractivity contribution is 0.792. The van der Waals surface area contributed by atoms with Gasteiger partial charge in [0.05, 0.1) is 0 Å². The van der Waals surface area contributed by atoms with Crippen molar-refractivity contribution in [2.24, 2.45) is 0 Å². The predicted octanol–water partition coefficient (Wildman–Crippen LogP) is 3.72. The summed E-state index contributed by atoms with van der Waals surface area (Å²) in [6, 6.07) is 4.21. The fourth-order valence-electron chi connectivity index (χ4n) is 1.30. The molecule has 2 heteroatoms. The second-order valence-electron chi connectivity index (χ2n) is 2.94. The van der Waals surface area contributed by atoms with Crippen LogP contribution in [0.15, 0.2) is 12.1 Å². The SMILES string of the molecule is CC.CC.CCc1nc(C)ccc1CNC. The predicted molar refractivity (Wildman–Crippen MR) is 73.8 cm³/mol. The van der Waals surface area contributed by atoms with E-state index in [0.717, 1.165) is 18.7 Å². The van der Waals surface area contributed by atoms with Gasteiger partial charge in [0.2, 0.25) is 0 Å². The van der Waals surface area contributed by atoms with Crippen LogP contribution in [0, 0.1) is 6.92 Å². The van der Waals surface area contributed by atoms with Gasteiger partial charge in [0.25, 0.3) is 0 Å². The van der Waals surface area contributed by atoms with Crippen molar-refractivity contribution >= 4 is 0 Å². The van der Waals surface area contributed by atoms with Crippen LogP contribution < -0.4 is 5.32 Å². The molecule has 1 aromatic rings. The molecule has 0 bridgehead atoms. The summed E-state index contributed by atoms with van der Waals surface area (Å²) in [4.78, 5) is 4.47. The van der Waals surface area contributed by atoms with Gasteiger partial charge in [-0.1, -0.05) is 40.7 Å². The zero-order valence-corrected chi connectivity index (χ0v) is 12.0. The molecule has 16 heavy (non-hydrogen) atoms. The molecule has 0 aliphatic rings. The van der Waals surface area contributed by atoms with E-state index in [1.807, 2.05) is 41.7 Å². The van der Waals surface area contributed by atoms with E-state index in [0.29, 0.717) is 0 Å². The molecule has 0 atom stereocenters. The highest BCUT2D eigenvalue weighted by molar-refractivity contribution is 5.22. The van der Waals surface area contributed by atoms with Crippen molar-refractivity contribution in [3.8, 4) is 0 Å². The molecule has 0 unspecified atom stereocenters. The van der Waals surface area contributed by atoms with E-state index < -0.39 is 0 Å². The van der Waals surface area contributed by atoms with Crippen LogP contribution in [0.3, 0.4) is 0 Å². The van der Waals surface area contributed by atoms with Crippen molar-refractivity contribution in [2.45, 2.75) is 54.5 Å². The third-order valence-electron chi connectivity index (χ3n) is 1.91. The van der Waals surface area contributed by atoms with Crippen molar-refractivity contribution in [1.82, 2.24) is 10.3 Å². The molecular weight excluding hydrogens is 196 g/mol. The van der Waals surface area contributed by atoms with Gasteiger partial charge in [0, 0.05) is 17.9 Å². The first-order chi connectivity index (χ1) is 7.77. The number of rotatable bonds is 3. The average molecular weight is 224 g/mol. The van der Waals surface area contributed by atoms with Crippen LogP contribution in [-0.2, 0) is 13.0 Å². The molecule has 0 saturated heterocycles. The Kier molecular flexibility index (Phi) is 13.3. The van der Waals surface area contributed by atoms with E-state index in [2.05, 4.69) is 29.4 Å². The second kappa shape index (κ2) is 12.2. The highest BCUT2D eigenvalue weighted by Crippen LogP contribution is 2.07. The van der Waals surface area contributed by atoms with Crippen LogP contribution in [-0.4, -0.2) is 12.0 Å². The van der Waals surface area contributed by atoms with Crippen molar-refractivity contribution in [3.05, 3.63) is 29.1 Å². The van der Waals surface area contributed by atoms with Crippen LogP contribution in [0.4, 0.5) is 0 Å². The van der Waals surface area contributed by atoms with Crippen molar-refractivity contribution in [3.63, 3.8) is 0 Å². The Morgan fingerprint density at radius 1 is 1.12 bits per heavy atom. The molecule has 1 aromatic heterocycles. The molecule has 94 valence electrons. The van der Waals surface area contributed by atoms with Gasteiger partial charge >= 0.3 is 0 Å². The third kappa shape index (κ3) is 6.57. The standard InChI is InChI=1S/C10H16N2.2C2H6/c1-4-10-9(7-11-3)6-5-8(2)12-10;2*1-2/h5-6,11H,4,7H2,1-3H3;2*1-2H3. The molecule has 0 aliphatic heterocycles. The van der Waals surface area contributed by atoms with E-state index >= 15 is 0 Å². The largest absolute Gasteiger partial charge is 0.316 e. The Morgan fingerprint density at radius 3 is 2.12 bits per heavy atom. The molecular formula is C14H28N2. The normalized spacial score (nSPS) is 8.44. The minimum atomic E-state index is 0.913. The van der Waals surface area contributed by atoms with Crippen LogP contribution in [0.5, 0.6) is 0 Å². The lowest BCUT2D eigenvalue weighted by Crippen LogP contribution is -2.09. The Hall–Kier alpha value is -0.890. The number of hydrogen-bond donors (Lipinski definition) is 1. The number of hydrogen-bond acceptors (Lipinski definition) is 2. The van der Waals surface area contributed by atoms with Crippen molar-refractivity contribution in [2.75, 3.05) is 7.05 Å². The van der Waals surface area contributed by atoms with Gasteiger partial charge in [-0.15, -0.1) is 0 Å². The van der Waals surface area contributed by atoms with Gasteiger partial charge in [0.1, 0.15) is 0 Å². The van der Waals surface area contributed by atoms with Gasteiger partial charge in [0.15, 0.2) is 0 Å². The van der Waals surface area contributed by atoms with Crippen molar-refractivity contribution in [1.29, 1.82) is 0 Å². The van der Waals surface area contributed by atoms with Crippen LogP contribution in [0.25, 0.3) is 0 Å². The molecule has 0 spiro atoms. The Morgan fingerprint density at radius 2 is 1.69 bits per heavy atom. The lowest BCUT2D eigenvalue weighted by atomic mass is 10.1. The van der Waals surface area contributed by atoms with Gasteiger partial charge in [-0.3, -0.25) is 4.98 Å². The third-order valence-corrected chi connectivity index (χ3v) is 1.91. The first kappa shape index (κ1) is 17.5. The maximum Gasteiger partial charge on any atom is 0.0448 e. The van der Waals surface area contributed by atoms with Crippen LogP contribution in [0.2, 0.25) is 0 Å². The molecule has 2 nitrogen and oxygen atoms in total. The number of aryl methyl sites for hydroxylation is 2. The molecule has 0 aliphatic carbocycles. The lowest BCUT2D eigenvalue weighted by Gasteiger charge is -2.06. The minimum absolute atomic E-state index is 0.913. The van der Waals surface area contributed by atoms with E-state index in [4.69, 9.17) is 0 Å². The van der Waals surface area contributed by atoms with Gasteiger partial charge < -0.3 is 5.32 Å². The summed E-state index contributed by atoms with van der Waals surface area (Å²) < 4.78 is 0. The summed E-state index contributed by atoms with van der Waals surface area (Å²) in [6.07, 6.45) is 1.01. The summed E-state index contributed by atoms with van der Waals surface area (Å²) in [5.74, 6) is 0. The zero-order valence-electron chi connectivity index (χ0n) is 12.0. The summed E-state index contributed by atoms with van der Waals surface area (Å²) >= 11 is 0. The summed E-state index contributed by atoms with van der Waals surface area (Å²) in [7, 11) is 1.96. The molecule has 0 fully saturated rings. The first-order valence-electron chi connectivity index (χ1n) is 6.38. The first-order valence-corrected chi connectivity index (χ1v) is 6.38. The van der Waals surface area contributed by atoms with Gasteiger partial charge in [-0.2, -0.15) is 0 Å². The molecule has 1 rings (SSSR count). The van der Waals surface area contributed by atoms with Crippen LogP contribution in [0.1, 0.15) is 51.6 Å². The molecule has 0 aromatic carbocycles. The minimum Gasteiger partial charge on any atom is -0.316 e.